The second-order valence-electron chi connectivity index (χ2n) is 11.0. The summed E-state index contributed by atoms with van der Waals surface area (Å²) in [7, 11) is 0. The molecule has 3 aromatic rings. The van der Waals surface area contributed by atoms with Crippen LogP contribution in [0.4, 0.5) is 5.69 Å². The number of aryl methyl sites for hydroxylation is 2. The molecule has 2 heterocycles. The largest absolute Gasteiger partial charge is 0.385 e. The summed E-state index contributed by atoms with van der Waals surface area (Å²) in [6.45, 7) is 9.18. The van der Waals surface area contributed by atoms with Crippen LogP contribution in [-0.2, 0) is 12.1 Å². The fourth-order valence-corrected chi connectivity index (χ4v) is 6.04. The number of benzene rings is 3. The van der Waals surface area contributed by atoms with E-state index in [9.17, 15) is 20.4 Å². The van der Waals surface area contributed by atoms with Crippen LogP contribution in [-0.4, -0.2) is 60.1 Å². The van der Waals surface area contributed by atoms with Crippen molar-refractivity contribution in [2.24, 2.45) is 0 Å². The van der Waals surface area contributed by atoms with Gasteiger partial charge in [-0.05, 0) is 67.6 Å². The first-order valence-electron chi connectivity index (χ1n) is 13.9. The number of carbonyl (C=O) groups is 1. The lowest BCUT2D eigenvalue weighted by molar-refractivity contribution is -0.0213. The van der Waals surface area contributed by atoms with Crippen molar-refractivity contribution in [3.8, 4) is 12.1 Å². The molecule has 2 saturated heterocycles. The van der Waals surface area contributed by atoms with E-state index in [2.05, 4.69) is 41.0 Å². The Labute approximate surface area is 236 Å². The first-order valence-corrected chi connectivity index (χ1v) is 13.9. The third-order valence-corrected chi connectivity index (χ3v) is 8.47. The summed E-state index contributed by atoms with van der Waals surface area (Å²) in [5.74, 6) is -0.00713. The molecule has 2 aliphatic rings. The molecule has 2 aliphatic heterocycles. The van der Waals surface area contributed by atoms with Gasteiger partial charge in [0.25, 0.3) is 5.91 Å². The number of piperidine rings is 1. The summed E-state index contributed by atoms with van der Waals surface area (Å²) in [6.07, 6.45) is 0.794. The van der Waals surface area contributed by atoms with E-state index in [4.69, 9.17) is 0 Å². The van der Waals surface area contributed by atoms with E-state index in [1.807, 2.05) is 48.2 Å². The molecular formula is C33H35N5O2. The molecule has 40 heavy (non-hydrogen) atoms. The van der Waals surface area contributed by atoms with Gasteiger partial charge in [0, 0.05) is 56.9 Å². The number of rotatable bonds is 5. The standard InChI is InChI=1S/C33H35N5O2/c1-24-19-25(2)29(32(39)38-13-11-33(40,12-14-38)30-9-5-3-7-26(30)21-34)20-28(24)23-36-15-17-37(18-16-36)31-10-6-4-8-27(31)22-35/h3-10,19-20,40H,11-18,23H2,1-2H3. The predicted octanol–water partition coefficient (Wildman–Crippen LogP) is 4.49. The highest BCUT2D eigenvalue weighted by atomic mass is 16.3. The Balaban J connectivity index is 1.25. The van der Waals surface area contributed by atoms with Crippen molar-refractivity contribution in [3.05, 3.63) is 99.6 Å². The first-order chi connectivity index (χ1) is 19.3. The Morgan fingerprint density at radius 3 is 2.15 bits per heavy atom. The van der Waals surface area contributed by atoms with Crippen LogP contribution in [0.5, 0.6) is 0 Å². The summed E-state index contributed by atoms with van der Waals surface area (Å²) < 4.78 is 0. The highest BCUT2D eigenvalue weighted by molar-refractivity contribution is 5.96. The zero-order valence-corrected chi connectivity index (χ0v) is 23.2. The topological polar surface area (TPSA) is 94.6 Å². The number of hydrogen-bond acceptors (Lipinski definition) is 6. The van der Waals surface area contributed by atoms with Crippen molar-refractivity contribution in [1.29, 1.82) is 10.5 Å². The van der Waals surface area contributed by atoms with E-state index in [1.54, 1.807) is 12.1 Å². The van der Waals surface area contributed by atoms with Crippen molar-refractivity contribution < 1.29 is 9.90 Å². The molecule has 0 unspecified atom stereocenters. The van der Waals surface area contributed by atoms with Crippen LogP contribution >= 0.6 is 0 Å². The van der Waals surface area contributed by atoms with Crippen LogP contribution in [0, 0.1) is 36.5 Å². The molecule has 5 rings (SSSR count). The maximum atomic E-state index is 13.7. The lowest BCUT2D eigenvalue weighted by Gasteiger charge is -2.39. The van der Waals surface area contributed by atoms with Gasteiger partial charge in [0.1, 0.15) is 6.07 Å². The van der Waals surface area contributed by atoms with Gasteiger partial charge in [-0.1, -0.05) is 36.4 Å². The van der Waals surface area contributed by atoms with Crippen LogP contribution in [0.3, 0.4) is 0 Å². The Bertz CT molecular complexity index is 1490. The van der Waals surface area contributed by atoms with Crippen LogP contribution in [0.1, 0.15) is 56.6 Å². The van der Waals surface area contributed by atoms with Gasteiger partial charge in [0.2, 0.25) is 0 Å². The van der Waals surface area contributed by atoms with Gasteiger partial charge in [-0.3, -0.25) is 9.69 Å². The van der Waals surface area contributed by atoms with Crippen molar-refractivity contribution in [2.45, 2.75) is 38.8 Å². The number of hydrogen-bond donors (Lipinski definition) is 1. The van der Waals surface area contributed by atoms with Crippen molar-refractivity contribution >= 4 is 11.6 Å². The maximum Gasteiger partial charge on any atom is 0.254 e. The SMILES string of the molecule is Cc1cc(C)c(C(=O)N2CCC(O)(c3ccccc3C#N)CC2)cc1CN1CCN(c2ccccc2C#N)CC1. The summed E-state index contributed by atoms with van der Waals surface area (Å²) >= 11 is 0. The van der Waals surface area contributed by atoms with E-state index >= 15 is 0 Å². The van der Waals surface area contributed by atoms with E-state index in [-0.39, 0.29) is 5.91 Å². The van der Waals surface area contributed by atoms with Crippen molar-refractivity contribution in [1.82, 2.24) is 9.80 Å². The van der Waals surface area contributed by atoms with Crippen LogP contribution in [0.15, 0.2) is 60.7 Å². The number of likely N-dealkylation sites (tertiary alicyclic amines) is 1. The number of aliphatic hydroxyl groups is 1. The van der Waals surface area contributed by atoms with Gasteiger partial charge < -0.3 is 14.9 Å². The monoisotopic (exact) mass is 533 g/mol. The minimum atomic E-state index is -1.10. The number of carbonyl (C=O) groups excluding carboxylic acids is 1. The molecule has 0 aliphatic carbocycles. The quantitative estimate of drug-likeness (QED) is 0.519. The van der Waals surface area contributed by atoms with Gasteiger partial charge in [-0.15, -0.1) is 0 Å². The predicted molar refractivity (Wildman–Crippen MR) is 155 cm³/mol. The molecule has 204 valence electrons. The zero-order chi connectivity index (χ0) is 28.3. The van der Waals surface area contributed by atoms with Crippen molar-refractivity contribution in [2.75, 3.05) is 44.2 Å². The molecule has 0 spiro atoms. The zero-order valence-electron chi connectivity index (χ0n) is 23.2. The number of piperazine rings is 1. The number of amides is 1. The highest BCUT2D eigenvalue weighted by Gasteiger charge is 2.37. The van der Waals surface area contributed by atoms with Crippen LogP contribution in [0.2, 0.25) is 0 Å². The first kappa shape index (κ1) is 27.4. The molecule has 3 aromatic carbocycles. The lowest BCUT2D eigenvalue weighted by Crippen LogP contribution is -2.46. The van der Waals surface area contributed by atoms with E-state index in [0.717, 1.165) is 49.5 Å². The maximum absolute atomic E-state index is 13.7. The fraction of sp³-hybridized carbons (Fsp3) is 0.364. The molecule has 0 bridgehead atoms. The van der Waals surface area contributed by atoms with Gasteiger partial charge >= 0.3 is 0 Å². The molecule has 0 radical (unpaired) electrons. The van der Waals surface area contributed by atoms with Crippen LogP contribution in [0.25, 0.3) is 0 Å². The van der Waals surface area contributed by atoms with Crippen molar-refractivity contribution in [3.63, 3.8) is 0 Å². The molecule has 0 aromatic heterocycles. The highest BCUT2D eigenvalue weighted by Crippen LogP contribution is 2.35. The minimum Gasteiger partial charge on any atom is -0.385 e. The molecule has 0 saturated carbocycles. The minimum absolute atomic E-state index is 0.00713. The molecule has 7 nitrogen and oxygen atoms in total. The summed E-state index contributed by atoms with van der Waals surface area (Å²) in [5, 5.41) is 30.3. The average Bonchev–Trinajstić information content (AvgIpc) is 2.99. The third kappa shape index (κ3) is 5.45. The number of para-hydroxylation sites is 1. The average molecular weight is 534 g/mol. The van der Waals surface area contributed by atoms with Gasteiger partial charge in [-0.2, -0.15) is 10.5 Å². The lowest BCUT2D eigenvalue weighted by atomic mass is 9.82. The fourth-order valence-electron chi connectivity index (χ4n) is 6.04. The summed E-state index contributed by atoms with van der Waals surface area (Å²) in [4.78, 5) is 20.2. The molecule has 1 N–H and O–H groups in total. The molecule has 0 atom stereocenters. The van der Waals surface area contributed by atoms with E-state index < -0.39 is 5.60 Å². The molecule has 7 heteroatoms. The second kappa shape index (κ2) is 11.5. The Morgan fingerprint density at radius 2 is 1.48 bits per heavy atom. The normalized spacial score (nSPS) is 17.2. The number of nitriles is 2. The molecule has 1 amide bonds. The van der Waals surface area contributed by atoms with Gasteiger partial charge in [0.05, 0.1) is 28.5 Å². The van der Waals surface area contributed by atoms with Gasteiger partial charge in [0.15, 0.2) is 0 Å². The Morgan fingerprint density at radius 1 is 0.850 bits per heavy atom. The summed E-state index contributed by atoms with van der Waals surface area (Å²) in [5.41, 5.74) is 5.72. The number of anilines is 1. The number of nitrogens with zero attached hydrogens (tertiary/aromatic N) is 5. The molecular weight excluding hydrogens is 498 g/mol. The smallest absolute Gasteiger partial charge is 0.254 e. The second-order valence-corrected chi connectivity index (χ2v) is 11.0. The third-order valence-electron chi connectivity index (χ3n) is 8.47. The summed E-state index contributed by atoms with van der Waals surface area (Å²) in [6, 6.07) is 23.6. The van der Waals surface area contributed by atoms with E-state index in [1.165, 1.54) is 5.56 Å². The molecule has 2 fully saturated rings. The van der Waals surface area contributed by atoms with Crippen LogP contribution < -0.4 is 4.90 Å². The Kier molecular flexibility index (Phi) is 7.89. The Hall–Kier alpha value is -4.17. The van der Waals surface area contributed by atoms with E-state index in [0.29, 0.717) is 48.2 Å². The van der Waals surface area contributed by atoms with Gasteiger partial charge in [-0.25, -0.2) is 0 Å².